The molecule has 0 saturated heterocycles. The zero-order valence-corrected chi connectivity index (χ0v) is 23.5. The number of hydrogen-bond acceptors (Lipinski definition) is 5. The van der Waals surface area contributed by atoms with E-state index < -0.39 is 33.9 Å². The third kappa shape index (κ3) is 9.83. The molecule has 8 nitrogen and oxygen atoms in total. The Balaban J connectivity index is 1.91. The molecule has 0 aliphatic rings. The minimum absolute atomic E-state index is 0.00218. The van der Waals surface area contributed by atoms with Crippen LogP contribution >= 0.6 is 11.6 Å². The van der Waals surface area contributed by atoms with E-state index in [1.54, 1.807) is 13.0 Å². The number of aliphatic hydroxyl groups is 1. The molecule has 2 aromatic rings. The number of carbonyl (C=O) groups is 2. The standard InChI is InChI=1S/C27H35ClFN3O5S/c1-17(2)13-24(32-26(34)19(4)14-20-8-6-5-7-18(20)3)27(35)30-16-22(33)11-12-31-38(36,37)25-10-9-21(29)15-23(25)28/h5-10,14-15,17,22,24,31,33H,11-13,16H2,1-4H3,(H,30,35)(H,32,34)/b19-14+/t22-,24-/m0/s1. The zero-order chi connectivity index (χ0) is 28.5. The molecule has 11 heteroatoms. The maximum Gasteiger partial charge on any atom is 0.247 e. The highest BCUT2D eigenvalue weighted by Gasteiger charge is 2.23. The molecule has 208 valence electrons. The lowest BCUT2D eigenvalue weighted by Crippen LogP contribution is -2.49. The number of halogens is 2. The maximum absolute atomic E-state index is 13.2. The molecule has 2 rings (SSSR count). The summed E-state index contributed by atoms with van der Waals surface area (Å²) in [5, 5.41) is 15.4. The van der Waals surface area contributed by atoms with Gasteiger partial charge in [-0.15, -0.1) is 0 Å². The van der Waals surface area contributed by atoms with E-state index in [2.05, 4.69) is 15.4 Å². The zero-order valence-electron chi connectivity index (χ0n) is 21.9. The Morgan fingerprint density at radius 3 is 2.47 bits per heavy atom. The van der Waals surface area contributed by atoms with Crippen molar-refractivity contribution < 1.29 is 27.5 Å². The second-order valence-corrected chi connectivity index (χ2v) is 11.6. The van der Waals surface area contributed by atoms with Crippen LogP contribution in [0.3, 0.4) is 0 Å². The molecule has 2 aromatic carbocycles. The highest BCUT2D eigenvalue weighted by molar-refractivity contribution is 7.89. The molecule has 2 atom stereocenters. The fourth-order valence-electron chi connectivity index (χ4n) is 3.60. The van der Waals surface area contributed by atoms with E-state index in [4.69, 9.17) is 11.6 Å². The lowest BCUT2D eigenvalue weighted by Gasteiger charge is -2.21. The van der Waals surface area contributed by atoms with Crippen molar-refractivity contribution in [3.63, 3.8) is 0 Å². The van der Waals surface area contributed by atoms with Gasteiger partial charge in [0.2, 0.25) is 21.8 Å². The van der Waals surface area contributed by atoms with Gasteiger partial charge in [-0.1, -0.05) is 49.7 Å². The number of nitrogens with one attached hydrogen (secondary N) is 3. The summed E-state index contributed by atoms with van der Waals surface area (Å²) in [6.07, 6.45) is 1.10. The van der Waals surface area contributed by atoms with E-state index in [0.29, 0.717) is 12.0 Å². The number of aliphatic hydroxyl groups excluding tert-OH is 1. The highest BCUT2D eigenvalue weighted by atomic mass is 35.5. The highest BCUT2D eigenvalue weighted by Crippen LogP contribution is 2.22. The Labute approximate surface area is 228 Å². The van der Waals surface area contributed by atoms with E-state index in [9.17, 15) is 27.5 Å². The van der Waals surface area contributed by atoms with Crippen LogP contribution in [0, 0.1) is 18.7 Å². The van der Waals surface area contributed by atoms with Gasteiger partial charge in [-0.05, 0) is 68.0 Å². The van der Waals surface area contributed by atoms with Crippen molar-refractivity contribution in [3.8, 4) is 0 Å². The minimum Gasteiger partial charge on any atom is -0.391 e. The summed E-state index contributed by atoms with van der Waals surface area (Å²) in [5.74, 6) is -1.37. The first-order valence-electron chi connectivity index (χ1n) is 12.3. The van der Waals surface area contributed by atoms with Gasteiger partial charge in [0.25, 0.3) is 0 Å². The number of sulfonamides is 1. The predicted octanol–water partition coefficient (Wildman–Crippen LogP) is 3.57. The summed E-state index contributed by atoms with van der Waals surface area (Å²) in [5.41, 5.74) is 2.38. The number of aryl methyl sites for hydroxylation is 1. The van der Waals surface area contributed by atoms with Crippen molar-refractivity contribution in [1.29, 1.82) is 0 Å². The van der Waals surface area contributed by atoms with Gasteiger partial charge in [0.05, 0.1) is 11.1 Å². The first kappa shape index (κ1) is 31.4. The van der Waals surface area contributed by atoms with Gasteiger partial charge in [0.15, 0.2) is 0 Å². The van der Waals surface area contributed by atoms with Gasteiger partial charge < -0.3 is 15.7 Å². The van der Waals surface area contributed by atoms with Gasteiger partial charge >= 0.3 is 0 Å². The fourth-order valence-corrected chi connectivity index (χ4v) is 5.17. The van der Waals surface area contributed by atoms with Crippen LogP contribution in [0.1, 0.15) is 44.7 Å². The summed E-state index contributed by atoms with van der Waals surface area (Å²) in [4.78, 5) is 25.3. The van der Waals surface area contributed by atoms with Gasteiger partial charge in [-0.25, -0.2) is 17.5 Å². The normalized spacial score (nSPS) is 13.7. The average molecular weight is 568 g/mol. The Hall–Kier alpha value is -2.79. The minimum atomic E-state index is -4.01. The maximum atomic E-state index is 13.2. The van der Waals surface area contributed by atoms with Gasteiger partial charge in [0, 0.05) is 18.7 Å². The molecule has 0 heterocycles. The van der Waals surface area contributed by atoms with Crippen LogP contribution in [0.15, 0.2) is 52.9 Å². The molecule has 0 saturated carbocycles. The fraction of sp³-hybridized carbons (Fsp3) is 0.407. The number of amides is 2. The SMILES string of the molecule is C/C(=C\c1ccccc1C)C(=O)N[C@@H](CC(C)C)C(=O)NC[C@@H](O)CCNS(=O)(=O)c1ccc(F)cc1Cl. The second-order valence-electron chi connectivity index (χ2n) is 9.50. The molecule has 0 aromatic heterocycles. The molecule has 0 spiro atoms. The molecule has 2 amide bonds. The first-order valence-corrected chi connectivity index (χ1v) is 14.1. The molecule has 0 fully saturated rings. The molecule has 38 heavy (non-hydrogen) atoms. The molecule has 0 radical (unpaired) electrons. The molecule has 4 N–H and O–H groups in total. The summed E-state index contributed by atoms with van der Waals surface area (Å²) in [6, 6.07) is 9.76. The monoisotopic (exact) mass is 567 g/mol. The first-order chi connectivity index (χ1) is 17.8. The largest absolute Gasteiger partial charge is 0.391 e. The Bertz CT molecular complexity index is 1270. The van der Waals surface area contributed by atoms with E-state index in [1.165, 1.54) is 0 Å². The van der Waals surface area contributed by atoms with Crippen molar-refractivity contribution >= 4 is 39.5 Å². The third-order valence-corrected chi connectivity index (χ3v) is 7.66. The number of hydrogen-bond donors (Lipinski definition) is 4. The molecular formula is C27H35ClFN3O5S. The van der Waals surface area contributed by atoms with E-state index in [-0.39, 0.29) is 41.3 Å². The topological polar surface area (TPSA) is 125 Å². The molecule has 0 aliphatic heterocycles. The van der Waals surface area contributed by atoms with Gasteiger partial charge in [-0.3, -0.25) is 9.59 Å². The van der Waals surface area contributed by atoms with Crippen LogP contribution in [-0.4, -0.2) is 50.6 Å². The lowest BCUT2D eigenvalue weighted by molar-refractivity contribution is -0.128. The number of benzene rings is 2. The lowest BCUT2D eigenvalue weighted by atomic mass is 10.0. The van der Waals surface area contributed by atoms with E-state index in [1.807, 2.05) is 45.0 Å². The van der Waals surface area contributed by atoms with Crippen molar-refractivity contribution in [1.82, 2.24) is 15.4 Å². The Kier molecular flexibility index (Phi) is 11.9. The summed E-state index contributed by atoms with van der Waals surface area (Å²) < 4.78 is 40.2. The second kappa shape index (κ2) is 14.4. The van der Waals surface area contributed by atoms with Gasteiger partial charge in [-0.2, -0.15) is 0 Å². The van der Waals surface area contributed by atoms with Crippen LogP contribution in [0.4, 0.5) is 4.39 Å². The third-order valence-electron chi connectivity index (χ3n) is 5.71. The van der Waals surface area contributed by atoms with Crippen LogP contribution in [0.5, 0.6) is 0 Å². The quantitative estimate of drug-likeness (QED) is 0.275. The summed E-state index contributed by atoms with van der Waals surface area (Å²) in [6.45, 7) is 7.20. The summed E-state index contributed by atoms with van der Waals surface area (Å²) >= 11 is 5.82. The molecule has 0 bridgehead atoms. The van der Waals surface area contributed by atoms with Crippen molar-refractivity contribution in [2.75, 3.05) is 13.1 Å². The molecular weight excluding hydrogens is 533 g/mol. The van der Waals surface area contributed by atoms with E-state index >= 15 is 0 Å². The molecule has 0 unspecified atom stereocenters. The smallest absolute Gasteiger partial charge is 0.247 e. The summed E-state index contributed by atoms with van der Waals surface area (Å²) in [7, 11) is -4.01. The Morgan fingerprint density at radius 2 is 1.84 bits per heavy atom. The van der Waals surface area contributed by atoms with Crippen molar-refractivity contribution in [2.45, 2.75) is 57.6 Å². The Morgan fingerprint density at radius 1 is 1.16 bits per heavy atom. The number of rotatable bonds is 13. The molecule has 0 aliphatic carbocycles. The van der Waals surface area contributed by atoms with E-state index in [0.717, 1.165) is 29.3 Å². The van der Waals surface area contributed by atoms with Crippen molar-refractivity contribution in [2.24, 2.45) is 5.92 Å². The number of carbonyl (C=O) groups excluding carboxylic acids is 2. The van der Waals surface area contributed by atoms with Crippen molar-refractivity contribution in [3.05, 3.63) is 70.0 Å². The van der Waals surface area contributed by atoms with Crippen LogP contribution in [0.25, 0.3) is 6.08 Å². The van der Waals surface area contributed by atoms with Gasteiger partial charge in [0.1, 0.15) is 16.8 Å². The van der Waals surface area contributed by atoms with Crippen LogP contribution in [0.2, 0.25) is 5.02 Å². The predicted molar refractivity (Wildman–Crippen MR) is 146 cm³/mol. The average Bonchev–Trinajstić information content (AvgIpc) is 2.82. The van der Waals surface area contributed by atoms with Crippen LogP contribution < -0.4 is 15.4 Å². The van der Waals surface area contributed by atoms with Crippen LogP contribution in [-0.2, 0) is 19.6 Å².